The molecule has 0 radical (unpaired) electrons. The summed E-state index contributed by atoms with van der Waals surface area (Å²) in [6.07, 6.45) is 7.64. The monoisotopic (exact) mass is 419 g/mol. The van der Waals surface area contributed by atoms with Crippen LogP contribution in [0.2, 0.25) is 0 Å². The van der Waals surface area contributed by atoms with Crippen molar-refractivity contribution in [2.24, 2.45) is 0 Å². The molecular weight excluding hydrogens is 394 g/mol. The minimum absolute atomic E-state index is 0. The number of ether oxygens (including phenoxy) is 1. The Morgan fingerprint density at radius 2 is 1.82 bits per heavy atom. The number of hydrogen-bond donors (Lipinski definition) is 1. The number of aromatic nitrogens is 1. The molecule has 2 aliphatic rings. The third-order valence-electron chi connectivity index (χ3n) is 5.18. The quantitative estimate of drug-likeness (QED) is 0.740. The number of fused-ring (bicyclic) bond motifs is 2. The smallest absolute Gasteiger partial charge is 0.420 e. The van der Waals surface area contributed by atoms with E-state index in [9.17, 15) is 4.79 Å². The minimum Gasteiger partial charge on any atom is -1.00 e. The molecule has 0 saturated carbocycles. The van der Waals surface area contributed by atoms with Gasteiger partial charge >= 0.3 is 6.09 Å². The van der Waals surface area contributed by atoms with Gasteiger partial charge in [-0.25, -0.2) is 14.7 Å². The molecule has 1 saturated heterocycles. The van der Waals surface area contributed by atoms with Crippen molar-refractivity contribution in [2.45, 2.75) is 41.9 Å². The Bertz CT molecular complexity index is 751. The summed E-state index contributed by atoms with van der Waals surface area (Å²) in [7, 11) is 0. The first kappa shape index (κ1) is 21.0. The molecule has 1 fully saturated rings. The van der Waals surface area contributed by atoms with Crippen molar-refractivity contribution in [3.8, 4) is 0 Å². The van der Waals surface area contributed by atoms with Crippen molar-refractivity contribution >= 4 is 29.4 Å². The number of hydrogen-bond acceptors (Lipinski definition) is 4. The second-order valence-corrected chi connectivity index (χ2v) is 8.20. The van der Waals surface area contributed by atoms with Gasteiger partial charge in [-0.2, -0.15) is 0 Å². The maximum Gasteiger partial charge on any atom is 0.420 e. The van der Waals surface area contributed by atoms with Gasteiger partial charge < -0.3 is 22.0 Å². The highest BCUT2D eigenvalue weighted by Crippen LogP contribution is 2.46. The number of nitrogens with zero attached hydrogens (tertiary/aromatic N) is 2. The van der Waals surface area contributed by atoms with Crippen molar-refractivity contribution in [3.63, 3.8) is 0 Å². The van der Waals surface area contributed by atoms with E-state index in [1.807, 2.05) is 36.4 Å². The van der Waals surface area contributed by atoms with Gasteiger partial charge in [0.05, 0.1) is 36.8 Å². The predicted molar refractivity (Wildman–Crippen MR) is 107 cm³/mol. The summed E-state index contributed by atoms with van der Waals surface area (Å²) in [5.41, 5.74) is 0.844. The molecule has 5 nitrogen and oxygen atoms in total. The average Bonchev–Trinajstić information content (AvgIpc) is 2.98. The van der Waals surface area contributed by atoms with Crippen LogP contribution in [0, 0.1) is 0 Å². The first-order chi connectivity index (χ1) is 13.3. The molecule has 0 aliphatic carbocycles. The van der Waals surface area contributed by atoms with Crippen LogP contribution in [0.25, 0.3) is 0 Å². The zero-order valence-corrected chi connectivity index (χ0v) is 17.5. The molecule has 4 rings (SSSR count). The summed E-state index contributed by atoms with van der Waals surface area (Å²) >= 11 is 1.64. The third kappa shape index (κ3) is 4.80. The van der Waals surface area contributed by atoms with Gasteiger partial charge in [-0.05, 0) is 49.9 Å². The number of anilines is 2. The fourth-order valence-corrected chi connectivity index (χ4v) is 4.83. The van der Waals surface area contributed by atoms with Crippen LogP contribution >= 0.6 is 11.8 Å². The van der Waals surface area contributed by atoms with E-state index in [0.717, 1.165) is 28.4 Å². The highest BCUT2D eigenvalue weighted by molar-refractivity contribution is 7.99. The average molecular weight is 420 g/mol. The van der Waals surface area contributed by atoms with Crippen LogP contribution < -0.4 is 22.2 Å². The van der Waals surface area contributed by atoms with E-state index in [-0.39, 0.29) is 18.5 Å². The molecule has 0 atom stereocenters. The predicted octanol–water partition coefficient (Wildman–Crippen LogP) is 0.674. The van der Waals surface area contributed by atoms with E-state index in [1.165, 1.54) is 38.8 Å². The number of quaternary nitrogens is 1. The summed E-state index contributed by atoms with van der Waals surface area (Å²) in [5.74, 6) is 0.657. The molecule has 1 aromatic carbocycles. The van der Waals surface area contributed by atoms with E-state index in [0.29, 0.717) is 12.4 Å². The maximum atomic E-state index is 12.9. The zero-order valence-electron chi connectivity index (χ0n) is 15.9. The van der Waals surface area contributed by atoms with E-state index in [4.69, 9.17) is 4.74 Å². The van der Waals surface area contributed by atoms with E-state index >= 15 is 0 Å². The Morgan fingerprint density at radius 1 is 1.07 bits per heavy atom. The number of pyridine rings is 1. The van der Waals surface area contributed by atoms with Crippen LogP contribution in [0.15, 0.2) is 52.4 Å². The molecule has 0 spiro atoms. The maximum absolute atomic E-state index is 12.9. The number of carbonyl (C=O) groups is 1. The molecule has 1 aromatic heterocycles. The lowest BCUT2D eigenvalue weighted by Crippen LogP contribution is -3.11. The summed E-state index contributed by atoms with van der Waals surface area (Å²) in [4.78, 5) is 22.6. The van der Waals surface area contributed by atoms with E-state index in [1.54, 1.807) is 27.8 Å². The van der Waals surface area contributed by atoms with Crippen LogP contribution in [-0.4, -0.2) is 37.3 Å². The second-order valence-electron chi connectivity index (χ2n) is 7.11. The SMILES string of the molecule is O=C(OCCC[NH+]1CCCCCC1)N1c2ccccc2Sc2cccnc21.[Cl-]. The van der Waals surface area contributed by atoms with Gasteiger partial charge in [-0.1, -0.05) is 23.9 Å². The fraction of sp³-hybridized carbons (Fsp3) is 0.429. The van der Waals surface area contributed by atoms with Crippen molar-refractivity contribution in [3.05, 3.63) is 42.6 Å². The Kier molecular flexibility index (Phi) is 7.59. The second kappa shape index (κ2) is 10.1. The van der Waals surface area contributed by atoms with Gasteiger partial charge in [0.15, 0.2) is 5.82 Å². The van der Waals surface area contributed by atoms with Gasteiger partial charge in [-0.3, -0.25) is 0 Å². The Balaban J connectivity index is 0.00000225. The molecule has 1 amide bonds. The standard InChI is InChI=1S/C21H25N3O2S.ClH/c25-21(26-16-8-15-23-13-5-1-2-6-14-23)24-17-9-3-4-10-18(17)27-19-11-7-12-22-20(19)24;/h3-4,7,9-12H,1-2,5-6,8,13-16H2;1H. The van der Waals surface area contributed by atoms with Gasteiger partial charge in [0, 0.05) is 17.5 Å². The molecule has 150 valence electrons. The van der Waals surface area contributed by atoms with E-state index in [2.05, 4.69) is 4.98 Å². The number of carbonyl (C=O) groups excluding carboxylic acids is 1. The lowest BCUT2D eigenvalue weighted by molar-refractivity contribution is -0.899. The molecule has 2 aromatic rings. The summed E-state index contributed by atoms with van der Waals surface area (Å²) in [6, 6.07) is 11.8. The van der Waals surface area contributed by atoms with Crippen LogP contribution in [0.5, 0.6) is 0 Å². The van der Waals surface area contributed by atoms with E-state index < -0.39 is 0 Å². The number of likely N-dealkylation sites (tertiary alicyclic amines) is 1. The van der Waals surface area contributed by atoms with Crippen molar-refractivity contribution in [1.29, 1.82) is 0 Å². The number of nitrogens with one attached hydrogen (secondary N) is 1. The zero-order chi connectivity index (χ0) is 18.5. The first-order valence-corrected chi connectivity index (χ1v) is 10.7. The highest BCUT2D eigenvalue weighted by atomic mass is 35.5. The highest BCUT2D eigenvalue weighted by Gasteiger charge is 2.30. The van der Waals surface area contributed by atoms with Crippen LogP contribution in [-0.2, 0) is 4.74 Å². The van der Waals surface area contributed by atoms with Gasteiger partial charge in [-0.15, -0.1) is 0 Å². The van der Waals surface area contributed by atoms with Crippen LogP contribution in [0.1, 0.15) is 32.1 Å². The summed E-state index contributed by atoms with van der Waals surface area (Å²) in [5, 5.41) is 0. The van der Waals surface area contributed by atoms with Crippen LogP contribution in [0.4, 0.5) is 16.3 Å². The van der Waals surface area contributed by atoms with Crippen LogP contribution in [0.3, 0.4) is 0 Å². The number of rotatable bonds is 4. The number of halogens is 1. The Labute approximate surface area is 176 Å². The molecule has 0 bridgehead atoms. The van der Waals surface area contributed by atoms with Crippen molar-refractivity contribution in [2.75, 3.05) is 31.1 Å². The fourth-order valence-electron chi connectivity index (χ4n) is 3.80. The minimum atomic E-state index is -0.339. The molecule has 2 aliphatic heterocycles. The van der Waals surface area contributed by atoms with Crippen molar-refractivity contribution in [1.82, 2.24) is 4.98 Å². The number of amides is 1. The Hall–Kier alpha value is -1.76. The first-order valence-electron chi connectivity index (χ1n) is 9.85. The lowest BCUT2D eigenvalue weighted by Gasteiger charge is -2.29. The van der Waals surface area contributed by atoms with Gasteiger partial charge in [0.25, 0.3) is 0 Å². The number of benzene rings is 1. The third-order valence-corrected chi connectivity index (χ3v) is 6.29. The van der Waals surface area contributed by atoms with Gasteiger partial charge in [0.2, 0.25) is 0 Å². The van der Waals surface area contributed by atoms with Crippen molar-refractivity contribution < 1.29 is 26.8 Å². The summed E-state index contributed by atoms with van der Waals surface area (Å²) in [6.45, 7) is 4.04. The molecule has 0 unspecified atom stereocenters. The molecule has 7 heteroatoms. The topological polar surface area (TPSA) is 46.9 Å². The van der Waals surface area contributed by atoms with Gasteiger partial charge in [0.1, 0.15) is 0 Å². The largest absolute Gasteiger partial charge is 1.00 e. The molecule has 3 heterocycles. The summed E-state index contributed by atoms with van der Waals surface area (Å²) < 4.78 is 5.64. The molecular formula is C21H26ClN3O2S. The Morgan fingerprint density at radius 3 is 2.64 bits per heavy atom. The molecule has 1 N–H and O–H groups in total. The normalized spacial score (nSPS) is 16.4. The lowest BCUT2D eigenvalue weighted by atomic mass is 10.2. The molecule has 28 heavy (non-hydrogen) atoms. The number of para-hydroxylation sites is 1.